The van der Waals surface area contributed by atoms with Gasteiger partial charge in [-0.1, -0.05) is 42.8 Å². The Bertz CT molecular complexity index is 1280. The Balaban J connectivity index is 1.94. The second kappa shape index (κ2) is 9.61. The minimum Gasteiger partial charge on any atom is -0.507 e. The average Bonchev–Trinajstić information content (AvgIpc) is 3.14. The Morgan fingerprint density at radius 1 is 1.00 bits per heavy atom. The molecule has 1 atom stereocenters. The highest BCUT2D eigenvalue weighted by molar-refractivity contribution is 6.51. The van der Waals surface area contributed by atoms with E-state index in [1.165, 1.54) is 18.1 Å². The molecule has 4 rings (SSSR count). The summed E-state index contributed by atoms with van der Waals surface area (Å²) >= 11 is 6.13. The number of methoxy groups -OCH3 is 2. The van der Waals surface area contributed by atoms with Crippen molar-refractivity contribution in [2.75, 3.05) is 19.1 Å². The number of carbonyl (C=O) groups excluding carboxylic acids is 2. The van der Waals surface area contributed by atoms with Gasteiger partial charge in [-0.3, -0.25) is 14.5 Å². The summed E-state index contributed by atoms with van der Waals surface area (Å²) in [6.45, 7) is 2.04. The number of ether oxygens (including phenoxy) is 2. The second-order valence-electron chi connectivity index (χ2n) is 7.82. The maximum Gasteiger partial charge on any atom is 0.300 e. The van der Waals surface area contributed by atoms with Gasteiger partial charge in [0.15, 0.2) is 0 Å². The fourth-order valence-electron chi connectivity index (χ4n) is 4.08. The summed E-state index contributed by atoms with van der Waals surface area (Å²) in [5, 5.41) is 11.6. The van der Waals surface area contributed by atoms with Crippen LogP contribution in [0.15, 0.2) is 72.3 Å². The fraction of sp³-hybridized carbons (Fsp3) is 0.185. The lowest BCUT2D eigenvalue weighted by Gasteiger charge is -2.26. The molecule has 0 spiro atoms. The molecule has 3 aromatic rings. The van der Waals surface area contributed by atoms with Crippen molar-refractivity contribution >= 4 is 34.7 Å². The van der Waals surface area contributed by atoms with Crippen molar-refractivity contribution in [3.8, 4) is 11.5 Å². The summed E-state index contributed by atoms with van der Waals surface area (Å²) < 4.78 is 10.6. The molecule has 1 fully saturated rings. The number of ketones is 1. The molecule has 1 aliphatic heterocycles. The van der Waals surface area contributed by atoms with Crippen LogP contribution < -0.4 is 14.4 Å². The molecule has 7 heteroatoms. The van der Waals surface area contributed by atoms with Crippen LogP contribution in [0, 0.1) is 0 Å². The predicted molar refractivity (Wildman–Crippen MR) is 132 cm³/mol. The first-order valence-corrected chi connectivity index (χ1v) is 11.1. The minimum absolute atomic E-state index is 0.0257. The molecule has 1 N–H and O–H groups in total. The maximum absolute atomic E-state index is 13.3. The number of amides is 1. The standard InChI is InChI=1S/C27H24ClNO5/c1-4-16-8-11-19(12-9-16)29-24(17-6-5-7-20(14-17)33-2)23(26(31)27(29)32)25(30)18-10-13-21(28)22(15-18)34-3/h5-15,24,30H,4H2,1-3H3/b25-23-. The smallest absolute Gasteiger partial charge is 0.300 e. The van der Waals surface area contributed by atoms with Gasteiger partial charge in [-0.25, -0.2) is 0 Å². The van der Waals surface area contributed by atoms with Gasteiger partial charge in [0.2, 0.25) is 0 Å². The monoisotopic (exact) mass is 477 g/mol. The van der Waals surface area contributed by atoms with Crippen molar-refractivity contribution < 1.29 is 24.2 Å². The topological polar surface area (TPSA) is 76.1 Å². The van der Waals surface area contributed by atoms with E-state index in [4.69, 9.17) is 21.1 Å². The molecule has 0 aliphatic carbocycles. The Morgan fingerprint density at radius 2 is 1.74 bits per heavy atom. The van der Waals surface area contributed by atoms with E-state index in [1.807, 2.05) is 31.2 Å². The van der Waals surface area contributed by atoms with E-state index in [9.17, 15) is 14.7 Å². The minimum atomic E-state index is -0.857. The van der Waals surface area contributed by atoms with E-state index in [-0.39, 0.29) is 11.3 Å². The molecule has 34 heavy (non-hydrogen) atoms. The highest BCUT2D eigenvalue weighted by atomic mass is 35.5. The first kappa shape index (κ1) is 23.4. The fourth-order valence-corrected chi connectivity index (χ4v) is 4.28. The number of Topliss-reactive ketones (excluding diaryl/α,β-unsaturated/α-hetero) is 1. The van der Waals surface area contributed by atoms with Gasteiger partial charge < -0.3 is 14.6 Å². The number of anilines is 1. The number of benzene rings is 3. The zero-order valence-corrected chi connectivity index (χ0v) is 19.8. The van der Waals surface area contributed by atoms with Gasteiger partial charge >= 0.3 is 0 Å². The van der Waals surface area contributed by atoms with E-state index in [0.29, 0.717) is 33.3 Å². The van der Waals surface area contributed by atoms with Crippen LogP contribution in [-0.4, -0.2) is 31.0 Å². The van der Waals surface area contributed by atoms with E-state index in [0.717, 1.165) is 12.0 Å². The van der Waals surface area contributed by atoms with Gasteiger partial charge in [-0.15, -0.1) is 0 Å². The van der Waals surface area contributed by atoms with Crippen molar-refractivity contribution in [1.82, 2.24) is 0 Å². The highest BCUT2D eigenvalue weighted by Gasteiger charge is 2.47. The van der Waals surface area contributed by atoms with Crippen LogP contribution in [-0.2, 0) is 16.0 Å². The Hall–Kier alpha value is -3.77. The molecule has 3 aromatic carbocycles. The molecule has 1 unspecified atom stereocenters. The molecule has 1 aliphatic rings. The molecular weight excluding hydrogens is 454 g/mol. The largest absolute Gasteiger partial charge is 0.507 e. The van der Waals surface area contributed by atoms with Gasteiger partial charge in [0, 0.05) is 11.3 Å². The molecule has 1 saturated heterocycles. The number of aliphatic hydroxyl groups excluding tert-OH is 1. The maximum atomic E-state index is 13.3. The quantitative estimate of drug-likeness (QED) is 0.286. The lowest BCUT2D eigenvalue weighted by atomic mass is 9.95. The van der Waals surface area contributed by atoms with Crippen molar-refractivity contribution in [2.45, 2.75) is 19.4 Å². The first-order valence-electron chi connectivity index (χ1n) is 10.8. The Kier molecular flexibility index (Phi) is 6.61. The summed E-state index contributed by atoms with van der Waals surface area (Å²) in [7, 11) is 3.00. The summed E-state index contributed by atoms with van der Waals surface area (Å²) in [6.07, 6.45) is 0.844. The zero-order valence-electron chi connectivity index (χ0n) is 19.0. The van der Waals surface area contributed by atoms with Crippen LogP contribution in [0.2, 0.25) is 5.02 Å². The predicted octanol–water partition coefficient (Wildman–Crippen LogP) is 5.55. The summed E-state index contributed by atoms with van der Waals surface area (Å²) in [5.74, 6) is -0.905. The van der Waals surface area contributed by atoms with Crippen molar-refractivity contribution in [3.63, 3.8) is 0 Å². The molecule has 0 aromatic heterocycles. The Labute approximate surface area is 203 Å². The molecule has 1 heterocycles. The van der Waals surface area contributed by atoms with Gasteiger partial charge in [0.25, 0.3) is 11.7 Å². The van der Waals surface area contributed by atoms with Crippen molar-refractivity contribution in [2.24, 2.45) is 0 Å². The highest BCUT2D eigenvalue weighted by Crippen LogP contribution is 2.43. The van der Waals surface area contributed by atoms with Crippen LogP contribution in [0.4, 0.5) is 5.69 Å². The molecule has 0 bridgehead atoms. The van der Waals surface area contributed by atoms with Crippen LogP contribution in [0.25, 0.3) is 5.76 Å². The Morgan fingerprint density at radius 3 is 2.38 bits per heavy atom. The van der Waals surface area contributed by atoms with E-state index < -0.39 is 17.7 Å². The lowest BCUT2D eigenvalue weighted by Crippen LogP contribution is -2.29. The number of halogens is 1. The summed E-state index contributed by atoms with van der Waals surface area (Å²) in [4.78, 5) is 28.0. The number of hydrogen-bond acceptors (Lipinski definition) is 5. The van der Waals surface area contributed by atoms with Crippen molar-refractivity contribution in [3.05, 3.63) is 94.0 Å². The molecule has 0 radical (unpaired) electrons. The summed E-state index contributed by atoms with van der Waals surface area (Å²) in [5.41, 5.74) is 2.57. The van der Waals surface area contributed by atoms with Gasteiger partial charge in [0.1, 0.15) is 17.3 Å². The normalized spacial score (nSPS) is 17.2. The molecule has 174 valence electrons. The summed E-state index contributed by atoms with van der Waals surface area (Å²) in [6, 6.07) is 18.4. The number of rotatable bonds is 6. The molecule has 6 nitrogen and oxygen atoms in total. The third-order valence-corrected chi connectivity index (χ3v) is 6.21. The van der Waals surface area contributed by atoms with Gasteiger partial charge in [0.05, 0.1) is 30.9 Å². The molecular formula is C27H24ClNO5. The number of nitrogens with zero attached hydrogens (tertiary/aromatic N) is 1. The lowest BCUT2D eigenvalue weighted by molar-refractivity contribution is -0.132. The van der Waals surface area contributed by atoms with Crippen LogP contribution in [0.1, 0.15) is 29.7 Å². The third kappa shape index (κ3) is 4.13. The van der Waals surface area contributed by atoms with Gasteiger partial charge in [-0.05, 0) is 60.0 Å². The third-order valence-electron chi connectivity index (χ3n) is 5.90. The van der Waals surface area contributed by atoms with Crippen LogP contribution in [0.3, 0.4) is 0 Å². The number of carbonyl (C=O) groups is 2. The van der Waals surface area contributed by atoms with E-state index in [2.05, 4.69) is 0 Å². The van der Waals surface area contributed by atoms with Crippen LogP contribution in [0.5, 0.6) is 11.5 Å². The van der Waals surface area contributed by atoms with Crippen LogP contribution >= 0.6 is 11.6 Å². The van der Waals surface area contributed by atoms with E-state index in [1.54, 1.807) is 43.5 Å². The van der Waals surface area contributed by atoms with Gasteiger partial charge in [-0.2, -0.15) is 0 Å². The molecule has 0 saturated carbocycles. The number of aryl methyl sites for hydroxylation is 1. The van der Waals surface area contributed by atoms with Crippen molar-refractivity contribution in [1.29, 1.82) is 0 Å². The van der Waals surface area contributed by atoms with E-state index >= 15 is 0 Å². The average molecular weight is 478 g/mol. The first-order chi connectivity index (χ1) is 16.4. The SMILES string of the molecule is CCc1ccc(N2C(=O)C(=O)/C(=C(\O)c3ccc(Cl)c(OC)c3)C2c2cccc(OC)c2)cc1. The second-order valence-corrected chi connectivity index (χ2v) is 8.22. The molecule has 1 amide bonds. The number of aliphatic hydroxyl groups is 1. The number of hydrogen-bond donors (Lipinski definition) is 1. The zero-order chi connectivity index (χ0) is 24.4.